The highest BCUT2D eigenvalue weighted by atomic mass is 35.5. The van der Waals surface area contributed by atoms with Crippen molar-refractivity contribution in [1.82, 2.24) is 15.3 Å². The first kappa shape index (κ1) is 33.5. The normalized spacial score (nSPS) is 15.5. The summed E-state index contributed by atoms with van der Waals surface area (Å²) < 4.78 is 28.9. The minimum atomic E-state index is -0.609. The summed E-state index contributed by atoms with van der Waals surface area (Å²) in [6.07, 6.45) is 5.28. The molecule has 0 radical (unpaired) electrons. The third kappa shape index (κ3) is 8.10. The lowest BCUT2D eigenvalue weighted by molar-refractivity contribution is -0.0987. The fourth-order valence-corrected chi connectivity index (χ4v) is 5.57. The molecule has 11 heteroatoms. The van der Waals surface area contributed by atoms with Crippen LogP contribution in [0.3, 0.4) is 0 Å². The number of rotatable bonds is 4. The van der Waals surface area contributed by atoms with Crippen molar-refractivity contribution in [2.24, 2.45) is 0 Å². The fourth-order valence-electron chi connectivity index (χ4n) is 5.29. The van der Waals surface area contributed by atoms with Crippen LogP contribution in [0.15, 0.2) is 48.7 Å². The van der Waals surface area contributed by atoms with Crippen LogP contribution in [0.4, 0.5) is 20.4 Å². The number of hydrogen-bond acceptors (Lipinski definition) is 8. The number of aryl methyl sites for hydroxylation is 1. The highest BCUT2D eigenvalue weighted by Gasteiger charge is 2.22. The SMILES string of the molecule is C=O.C=O.CNc1ccc(F)c(-c2ccc3nc(NC4CCNCC4)ncc3c2)c1F.Cc1cc(Cl)cc2c1CCC2O. The van der Waals surface area contributed by atoms with Gasteiger partial charge >= 0.3 is 0 Å². The number of piperidine rings is 1. The Morgan fingerprint density at radius 2 is 1.74 bits per heavy atom. The van der Waals surface area contributed by atoms with E-state index in [1.807, 2.05) is 32.6 Å². The zero-order valence-electron chi connectivity index (χ0n) is 24.2. The van der Waals surface area contributed by atoms with Crippen LogP contribution in [-0.4, -0.2) is 54.8 Å². The van der Waals surface area contributed by atoms with Crippen molar-refractivity contribution in [2.75, 3.05) is 30.8 Å². The van der Waals surface area contributed by atoms with Crippen molar-refractivity contribution in [3.05, 3.63) is 82.0 Å². The molecule has 8 nitrogen and oxygen atoms in total. The third-order valence-corrected chi connectivity index (χ3v) is 7.62. The van der Waals surface area contributed by atoms with Gasteiger partial charge in [-0.2, -0.15) is 0 Å². The standard InChI is InChI=1S/C20H21F2N5.C10H11ClO.2CH2O/c1-23-17-5-3-15(21)18(19(17)22)12-2-4-16-13(10-12)11-25-20(27-16)26-14-6-8-24-9-7-14;1-6-4-7(11)5-9-8(6)2-3-10(9)12;2*1-2/h2-5,10-11,14,23-24H,6-9H2,1H3,(H,25,26,27);4-5,10,12H,2-3H2,1H3;2*1H2. The lowest BCUT2D eigenvalue weighted by atomic mass is 10.0. The molecule has 1 aromatic heterocycles. The van der Waals surface area contributed by atoms with Gasteiger partial charge in [0.1, 0.15) is 19.4 Å². The van der Waals surface area contributed by atoms with Crippen molar-refractivity contribution < 1.29 is 23.5 Å². The highest BCUT2D eigenvalue weighted by molar-refractivity contribution is 6.30. The largest absolute Gasteiger partial charge is 0.388 e. The average molecular weight is 612 g/mol. The van der Waals surface area contributed by atoms with Crippen LogP contribution in [0.2, 0.25) is 5.02 Å². The maximum Gasteiger partial charge on any atom is 0.223 e. The van der Waals surface area contributed by atoms with E-state index in [1.165, 1.54) is 23.3 Å². The van der Waals surface area contributed by atoms with Crippen LogP contribution < -0.4 is 16.0 Å². The van der Waals surface area contributed by atoms with Gasteiger partial charge in [-0.3, -0.25) is 0 Å². The monoisotopic (exact) mass is 611 g/mol. The summed E-state index contributed by atoms with van der Waals surface area (Å²) in [5.74, 6) is -0.630. The van der Waals surface area contributed by atoms with Gasteiger partial charge in [-0.05, 0) is 104 Å². The minimum Gasteiger partial charge on any atom is -0.388 e. The fraction of sp³-hybridized carbons (Fsp3) is 0.312. The van der Waals surface area contributed by atoms with Gasteiger partial charge in [-0.1, -0.05) is 17.7 Å². The molecule has 0 amide bonds. The Bertz CT molecular complexity index is 1530. The number of benzene rings is 3. The van der Waals surface area contributed by atoms with Gasteiger partial charge in [-0.15, -0.1) is 0 Å². The molecule has 1 fully saturated rings. The maximum atomic E-state index is 14.6. The van der Waals surface area contributed by atoms with Gasteiger partial charge in [0.05, 0.1) is 22.9 Å². The third-order valence-electron chi connectivity index (χ3n) is 7.40. The van der Waals surface area contributed by atoms with E-state index in [4.69, 9.17) is 21.2 Å². The molecule has 228 valence electrons. The van der Waals surface area contributed by atoms with E-state index >= 15 is 0 Å². The second kappa shape index (κ2) is 16.0. The summed E-state index contributed by atoms with van der Waals surface area (Å²) in [6.45, 7) is 8.01. The van der Waals surface area contributed by atoms with Crippen LogP contribution in [0.1, 0.15) is 42.1 Å². The predicted molar refractivity (Wildman–Crippen MR) is 168 cm³/mol. The van der Waals surface area contributed by atoms with Crippen LogP contribution in [0.5, 0.6) is 0 Å². The molecule has 6 rings (SSSR count). The van der Waals surface area contributed by atoms with Crippen LogP contribution >= 0.6 is 11.6 Å². The van der Waals surface area contributed by atoms with Gasteiger partial charge in [-0.25, -0.2) is 18.7 Å². The van der Waals surface area contributed by atoms with E-state index in [1.54, 1.807) is 31.4 Å². The second-order valence-corrected chi connectivity index (χ2v) is 10.5. The molecule has 1 aliphatic heterocycles. The molecule has 1 unspecified atom stereocenters. The number of aliphatic hydroxyl groups excluding tert-OH is 1. The topological polar surface area (TPSA) is 116 Å². The quantitative estimate of drug-likeness (QED) is 0.221. The van der Waals surface area contributed by atoms with Crippen molar-refractivity contribution in [2.45, 2.75) is 44.8 Å². The van der Waals surface area contributed by atoms with Crippen LogP contribution in [0.25, 0.3) is 22.0 Å². The number of carbonyl (C=O) groups excluding carboxylic acids is 2. The molecule has 4 aromatic rings. The van der Waals surface area contributed by atoms with E-state index in [-0.39, 0.29) is 17.4 Å². The molecular weight excluding hydrogens is 576 g/mol. The first-order valence-electron chi connectivity index (χ1n) is 13.8. The van der Waals surface area contributed by atoms with Gasteiger partial charge in [0.25, 0.3) is 0 Å². The molecule has 2 aliphatic rings. The Kier molecular flexibility index (Phi) is 12.5. The number of aromatic nitrogens is 2. The minimum absolute atomic E-state index is 0.0549. The molecule has 1 aliphatic carbocycles. The summed E-state index contributed by atoms with van der Waals surface area (Å²) in [7, 11) is 1.60. The first-order chi connectivity index (χ1) is 20.8. The summed E-state index contributed by atoms with van der Waals surface area (Å²) in [5.41, 5.74) is 4.90. The second-order valence-electron chi connectivity index (χ2n) is 10.0. The van der Waals surface area contributed by atoms with Gasteiger partial charge < -0.3 is 30.6 Å². The predicted octanol–water partition coefficient (Wildman–Crippen LogP) is 6.04. The lowest BCUT2D eigenvalue weighted by Gasteiger charge is -2.23. The van der Waals surface area contributed by atoms with E-state index in [9.17, 15) is 13.9 Å². The van der Waals surface area contributed by atoms with E-state index < -0.39 is 11.6 Å². The maximum absolute atomic E-state index is 14.6. The molecular formula is C32H36ClF2N5O3. The molecule has 0 spiro atoms. The van der Waals surface area contributed by atoms with E-state index in [2.05, 4.69) is 25.9 Å². The zero-order valence-corrected chi connectivity index (χ0v) is 25.0. The Hall–Kier alpha value is -3.99. The Morgan fingerprint density at radius 3 is 2.44 bits per heavy atom. The summed E-state index contributed by atoms with van der Waals surface area (Å²) >= 11 is 5.88. The first-order valence-corrected chi connectivity index (χ1v) is 14.2. The van der Waals surface area contributed by atoms with E-state index in [0.29, 0.717) is 17.6 Å². The van der Waals surface area contributed by atoms with Crippen molar-refractivity contribution in [1.29, 1.82) is 0 Å². The number of hydrogen-bond donors (Lipinski definition) is 4. The smallest absolute Gasteiger partial charge is 0.223 e. The van der Waals surface area contributed by atoms with Crippen molar-refractivity contribution in [3.63, 3.8) is 0 Å². The van der Waals surface area contributed by atoms with Crippen molar-refractivity contribution >= 4 is 47.7 Å². The molecule has 0 saturated carbocycles. The molecule has 4 N–H and O–H groups in total. The zero-order chi connectivity index (χ0) is 31.5. The molecule has 3 aromatic carbocycles. The molecule has 0 bridgehead atoms. The highest BCUT2D eigenvalue weighted by Crippen LogP contribution is 2.35. The Morgan fingerprint density at radius 1 is 1.02 bits per heavy atom. The van der Waals surface area contributed by atoms with Gasteiger partial charge in [0.2, 0.25) is 5.95 Å². The molecule has 43 heavy (non-hydrogen) atoms. The molecule has 1 saturated heterocycles. The lowest BCUT2D eigenvalue weighted by Crippen LogP contribution is -2.35. The number of anilines is 2. The number of aliphatic hydroxyl groups is 1. The van der Waals surface area contributed by atoms with E-state index in [0.717, 1.165) is 60.3 Å². The number of nitrogens with one attached hydrogen (secondary N) is 3. The Labute approximate surface area is 254 Å². The Balaban J connectivity index is 0.000000264. The molecule has 1 atom stereocenters. The average Bonchev–Trinajstić information content (AvgIpc) is 3.40. The summed E-state index contributed by atoms with van der Waals surface area (Å²) in [6, 6.07) is 12.0. The van der Waals surface area contributed by atoms with Gasteiger partial charge in [0.15, 0.2) is 5.82 Å². The number of carbonyl (C=O) groups is 2. The number of fused-ring (bicyclic) bond motifs is 2. The van der Waals surface area contributed by atoms with Crippen LogP contribution in [-0.2, 0) is 16.0 Å². The van der Waals surface area contributed by atoms with Gasteiger partial charge in [0, 0.05) is 29.7 Å². The van der Waals surface area contributed by atoms with Crippen molar-refractivity contribution in [3.8, 4) is 11.1 Å². The number of nitrogens with zero attached hydrogens (tertiary/aromatic N) is 2. The molecule has 2 heterocycles. The number of halogens is 3. The van der Waals surface area contributed by atoms with Crippen LogP contribution in [0, 0.1) is 18.6 Å². The summed E-state index contributed by atoms with van der Waals surface area (Å²) in [4.78, 5) is 24.9. The summed E-state index contributed by atoms with van der Waals surface area (Å²) in [5, 5.41) is 20.5.